The summed E-state index contributed by atoms with van der Waals surface area (Å²) in [5.41, 5.74) is 3.25. The summed E-state index contributed by atoms with van der Waals surface area (Å²) in [6, 6.07) is 18.3. The summed E-state index contributed by atoms with van der Waals surface area (Å²) in [6.45, 7) is 5.65. The molecule has 178 valence electrons. The van der Waals surface area contributed by atoms with Gasteiger partial charge in [-0.25, -0.2) is 8.42 Å². The van der Waals surface area contributed by atoms with Crippen molar-refractivity contribution < 1.29 is 13.2 Å². The lowest BCUT2D eigenvalue weighted by Crippen LogP contribution is -2.47. The molecule has 2 aliphatic rings. The lowest BCUT2D eigenvalue weighted by Gasteiger charge is -2.33. The van der Waals surface area contributed by atoms with Gasteiger partial charge in [-0.1, -0.05) is 61.0 Å². The highest BCUT2D eigenvalue weighted by Gasteiger charge is 2.32. The minimum Gasteiger partial charge on any atom is -0.350 e. The molecule has 2 aliphatic heterocycles. The normalized spacial score (nSPS) is 22.5. The second kappa shape index (κ2) is 10.8. The van der Waals surface area contributed by atoms with Crippen LogP contribution in [-0.2, 0) is 27.7 Å². The number of benzene rings is 2. The van der Waals surface area contributed by atoms with Crippen molar-refractivity contribution in [3.05, 3.63) is 71.3 Å². The number of rotatable bonds is 7. The maximum absolute atomic E-state index is 13.2. The molecule has 7 heteroatoms. The van der Waals surface area contributed by atoms with Gasteiger partial charge in [0, 0.05) is 32.2 Å². The van der Waals surface area contributed by atoms with E-state index in [1.54, 1.807) is 0 Å². The van der Waals surface area contributed by atoms with E-state index < -0.39 is 15.9 Å². The number of hydrogen-bond acceptors (Lipinski definition) is 5. The van der Waals surface area contributed by atoms with Gasteiger partial charge in [-0.3, -0.25) is 14.6 Å². The van der Waals surface area contributed by atoms with Crippen LogP contribution in [0.2, 0.25) is 0 Å². The number of piperidine rings is 1. The first-order valence-electron chi connectivity index (χ1n) is 12.0. The first-order chi connectivity index (χ1) is 15.9. The van der Waals surface area contributed by atoms with Crippen molar-refractivity contribution in [2.24, 2.45) is 0 Å². The summed E-state index contributed by atoms with van der Waals surface area (Å²) in [5, 5.41) is 3.08. The van der Waals surface area contributed by atoms with E-state index in [2.05, 4.69) is 41.4 Å². The van der Waals surface area contributed by atoms with Crippen LogP contribution in [0.25, 0.3) is 0 Å². The minimum absolute atomic E-state index is 0.0910. The van der Waals surface area contributed by atoms with Crippen LogP contribution in [0.15, 0.2) is 54.6 Å². The van der Waals surface area contributed by atoms with E-state index in [4.69, 9.17) is 0 Å². The smallest absolute Gasteiger partial charge is 0.242 e. The van der Waals surface area contributed by atoms with E-state index >= 15 is 0 Å². The van der Waals surface area contributed by atoms with Gasteiger partial charge < -0.3 is 5.32 Å². The maximum atomic E-state index is 13.2. The molecule has 2 heterocycles. The molecule has 0 saturated carbocycles. The van der Waals surface area contributed by atoms with Gasteiger partial charge in [0.25, 0.3) is 0 Å². The van der Waals surface area contributed by atoms with Gasteiger partial charge in [0.05, 0.1) is 11.5 Å². The highest BCUT2D eigenvalue weighted by molar-refractivity contribution is 7.91. The zero-order valence-corrected chi connectivity index (χ0v) is 20.3. The van der Waals surface area contributed by atoms with Crippen LogP contribution in [-0.4, -0.2) is 61.3 Å². The third-order valence-electron chi connectivity index (χ3n) is 6.92. The molecule has 2 aromatic rings. The number of hydrogen-bond donors (Lipinski definition) is 1. The van der Waals surface area contributed by atoms with E-state index in [9.17, 15) is 13.2 Å². The van der Waals surface area contributed by atoms with E-state index in [0.29, 0.717) is 25.7 Å². The third kappa shape index (κ3) is 6.43. The number of sulfone groups is 1. The van der Waals surface area contributed by atoms with Crippen LogP contribution >= 0.6 is 0 Å². The summed E-state index contributed by atoms with van der Waals surface area (Å²) in [7, 11) is -3.01. The van der Waals surface area contributed by atoms with Gasteiger partial charge in [0.2, 0.25) is 5.91 Å². The topological polar surface area (TPSA) is 69.7 Å². The Labute approximate surface area is 197 Å². The summed E-state index contributed by atoms with van der Waals surface area (Å²) in [5.74, 6) is 0.105. The molecule has 2 fully saturated rings. The zero-order valence-electron chi connectivity index (χ0n) is 19.4. The van der Waals surface area contributed by atoms with Crippen molar-refractivity contribution in [2.75, 3.05) is 31.1 Å². The van der Waals surface area contributed by atoms with Crippen LogP contribution in [0.3, 0.4) is 0 Å². The largest absolute Gasteiger partial charge is 0.350 e. The average Bonchev–Trinajstić information content (AvgIpc) is 2.82. The Kier molecular flexibility index (Phi) is 7.83. The van der Waals surface area contributed by atoms with E-state index in [0.717, 1.165) is 24.2 Å². The molecule has 0 aromatic heterocycles. The highest BCUT2D eigenvalue weighted by Crippen LogP contribution is 2.24. The molecule has 33 heavy (non-hydrogen) atoms. The Bertz CT molecular complexity index is 1010. The van der Waals surface area contributed by atoms with Crippen molar-refractivity contribution in [3.8, 4) is 0 Å². The summed E-state index contributed by atoms with van der Waals surface area (Å²) >= 11 is 0. The monoisotopic (exact) mass is 469 g/mol. The van der Waals surface area contributed by atoms with Crippen LogP contribution in [0.1, 0.15) is 48.9 Å². The van der Waals surface area contributed by atoms with Crippen molar-refractivity contribution in [2.45, 2.75) is 51.4 Å². The first-order valence-corrected chi connectivity index (χ1v) is 13.8. The number of carbonyl (C=O) groups is 1. The Morgan fingerprint density at radius 2 is 1.64 bits per heavy atom. The fraction of sp³-hybridized carbons (Fsp3) is 0.500. The van der Waals surface area contributed by atoms with Gasteiger partial charge in [0.1, 0.15) is 6.04 Å². The fourth-order valence-electron chi connectivity index (χ4n) is 4.82. The lowest BCUT2D eigenvalue weighted by molar-refractivity contribution is -0.126. The zero-order chi connectivity index (χ0) is 23.3. The fourth-order valence-corrected chi connectivity index (χ4v) is 6.05. The molecule has 2 saturated heterocycles. The predicted octanol–water partition coefficient (Wildman–Crippen LogP) is 3.15. The van der Waals surface area contributed by atoms with Crippen LogP contribution in [0.5, 0.6) is 0 Å². The second-order valence-electron chi connectivity index (χ2n) is 9.35. The summed E-state index contributed by atoms with van der Waals surface area (Å²) in [6.07, 6.45) is 3.88. The van der Waals surface area contributed by atoms with Crippen molar-refractivity contribution >= 4 is 15.7 Å². The van der Waals surface area contributed by atoms with Gasteiger partial charge in [-0.15, -0.1) is 0 Å². The molecule has 2 unspecified atom stereocenters. The molecule has 1 N–H and O–H groups in total. The molecular formula is C26H35N3O3S. The molecule has 0 bridgehead atoms. The van der Waals surface area contributed by atoms with Gasteiger partial charge in [-0.05, 0) is 43.0 Å². The number of likely N-dealkylation sites (tertiary alicyclic amines) is 1. The Morgan fingerprint density at radius 1 is 0.970 bits per heavy atom. The average molecular weight is 470 g/mol. The molecule has 6 nitrogen and oxygen atoms in total. The molecular weight excluding hydrogens is 434 g/mol. The third-order valence-corrected chi connectivity index (χ3v) is 8.53. The van der Waals surface area contributed by atoms with Gasteiger partial charge >= 0.3 is 0 Å². The molecule has 1 amide bonds. The van der Waals surface area contributed by atoms with E-state index in [1.807, 2.05) is 35.2 Å². The van der Waals surface area contributed by atoms with Crippen molar-refractivity contribution in [1.82, 2.24) is 15.1 Å². The van der Waals surface area contributed by atoms with Crippen molar-refractivity contribution in [3.63, 3.8) is 0 Å². The standard InChI is InChI=1S/C26H35N3O3S/c1-21-7-5-6-14-29(21)20-23-12-10-22(11-13-23)19-27-26(30)25(24-8-3-2-4-9-24)28-15-17-33(31,32)18-16-28/h2-4,8-13,21,25H,5-7,14-20H2,1H3,(H,27,30). The molecule has 0 radical (unpaired) electrons. The van der Waals surface area contributed by atoms with Gasteiger partial charge in [-0.2, -0.15) is 0 Å². The van der Waals surface area contributed by atoms with E-state index in [1.165, 1.54) is 24.8 Å². The number of nitrogens with one attached hydrogen (secondary N) is 1. The Balaban J connectivity index is 1.38. The second-order valence-corrected chi connectivity index (χ2v) is 11.7. The maximum Gasteiger partial charge on any atom is 0.242 e. The molecule has 2 atom stereocenters. The van der Waals surface area contributed by atoms with Crippen LogP contribution in [0, 0.1) is 0 Å². The molecule has 2 aromatic carbocycles. The van der Waals surface area contributed by atoms with Crippen LogP contribution < -0.4 is 5.32 Å². The Morgan fingerprint density at radius 3 is 2.30 bits per heavy atom. The van der Waals surface area contributed by atoms with Gasteiger partial charge in [0.15, 0.2) is 9.84 Å². The molecule has 0 aliphatic carbocycles. The quantitative estimate of drug-likeness (QED) is 0.675. The highest BCUT2D eigenvalue weighted by atomic mass is 32.2. The molecule has 0 spiro atoms. The number of amides is 1. The predicted molar refractivity (Wildman–Crippen MR) is 131 cm³/mol. The summed E-state index contributed by atoms with van der Waals surface area (Å²) < 4.78 is 23.8. The first kappa shape index (κ1) is 23.9. The van der Waals surface area contributed by atoms with Crippen molar-refractivity contribution in [1.29, 1.82) is 0 Å². The summed E-state index contributed by atoms with van der Waals surface area (Å²) in [4.78, 5) is 17.8. The SMILES string of the molecule is CC1CCCCN1Cc1ccc(CNC(=O)C(c2ccccc2)N2CCS(=O)(=O)CC2)cc1. The van der Waals surface area contributed by atoms with E-state index in [-0.39, 0.29) is 17.4 Å². The number of carbonyl (C=O) groups excluding carboxylic acids is 1. The lowest BCUT2D eigenvalue weighted by atomic mass is 10.0. The number of nitrogens with zero attached hydrogens (tertiary/aromatic N) is 2. The minimum atomic E-state index is -3.01. The molecule has 4 rings (SSSR count). The Hall–Kier alpha value is -2.22. The van der Waals surface area contributed by atoms with Crippen LogP contribution in [0.4, 0.5) is 0 Å².